The van der Waals surface area contributed by atoms with Crippen molar-refractivity contribution in [3.05, 3.63) is 153 Å². The van der Waals surface area contributed by atoms with Gasteiger partial charge >= 0.3 is 0 Å². The van der Waals surface area contributed by atoms with Gasteiger partial charge in [0.05, 0.1) is 68.8 Å². The zero-order valence-corrected chi connectivity index (χ0v) is 42.9. The number of rotatable bonds is 16. The van der Waals surface area contributed by atoms with Crippen LogP contribution in [0, 0.1) is 0 Å². The van der Waals surface area contributed by atoms with Crippen molar-refractivity contribution in [3.8, 4) is 0 Å². The number of hydrazine groups is 1. The first kappa shape index (κ1) is 53.0. The average molecular weight is 1120 g/mol. The Morgan fingerprint density at radius 1 is 0.648 bits per heavy atom. The summed E-state index contributed by atoms with van der Waals surface area (Å²) >= 11 is 24.5. The summed E-state index contributed by atoms with van der Waals surface area (Å²) < 4.78 is 110. The first-order valence-corrected chi connectivity index (χ1v) is 28.2. The number of nitrogens with zero attached hydrogens (tertiary/aromatic N) is 3. The second-order valence-corrected chi connectivity index (χ2v) is 23.7. The maximum Gasteiger partial charge on any atom is 0.274 e. The molecule has 0 atom stereocenters. The van der Waals surface area contributed by atoms with Crippen molar-refractivity contribution in [2.24, 2.45) is 4.99 Å². The molecule has 372 valence electrons. The Morgan fingerprint density at radius 2 is 1.25 bits per heavy atom. The maximum atomic E-state index is 13.0. The first-order chi connectivity index (χ1) is 33.5. The van der Waals surface area contributed by atoms with E-state index in [2.05, 4.69) is 39.6 Å². The van der Waals surface area contributed by atoms with E-state index in [1.807, 2.05) is 0 Å². The highest BCUT2D eigenvalue weighted by atomic mass is 35.5. The van der Waals surface area contributed by atoms with Crippen molar-refractivity contribution in [1.82, 2.24) is 19.9 Å². The standard InChI is InChI=1S/C23H19Cl4N5O5S2.C21H20N4O5S2/c1-2-28-38(34,35)14-4-3-5-15(9-14)39(36,37)31-13-6-7-16(24)20(8-13)29-22-12-23(33)32(30-22)21-11-18(26)17(25)10-19(21)27;26-21(20-6-1-2-13-22-20)23-16-4-3-5-17(14-16)25-32(29,30)19-11-9-18(10-12-19)31(27,28)24-15-7-8-15/h3-11,28,31H,2,12H2,1H3,(H,29,30);1-6,9-15,24-25H,7-8H2,(H,23,26). The fourth-order valence-corrected chi connectivity index (χ4v) is 11.7. The van der Waals surface area contributed by atoms with E-state index in [4.69, 9.17) is 46.4 Å². The molecule has 27 heteroatoms. The zero-order chi connectivity index (χ0) is 51.3. The molecule has 2 amide bonds. The number of carbonyl (C=O) groups excluding carboxylic acids is 2. The van der Waals surface area contributed by atoms with Crippen molar-refractivity contribution in [3.63, 3.8) is 0 Å². The van der Waals surface area contributed by atoms with Crippen LogP contribution in [0.3, 0.4) is 0 Å². The van der Waals surface area contributed by atoms with E-state index >= 15 is 0 Å². The molecule has 5 aromatic carbocycles. The molecule has 19 nitrogen and oxygen atoms in total. The number of benzene rings is 5. The van der Waals surface area contributed by atoms with E-state index in [-0.39, 0.29) is 98.9 Å². The molecule has 8 rings (SSSR count). The summed E-state index contributed by atoms with van der Waals surface area (Å²) in [6.07, 6.45) is 2.97. The summed E-state index contributed by atoms with van der Waals surface area (Å²) in [5, 5.41) is 4.62. The third-order valence-corrected chi connectivity index (χ3v) is 17.1. The summed E-state index contributed by atoms with van der Waals surface area (Å²) in [6, 6.07) is 28.0. The van der Waals surface area contributed by atoms with Crippen molar-refractivity contribution in [1.29, 1.82) is 0 Å². The van der Waals surface area contributed by atoms with E-state index in [0.717, 1.165) is 23.9 Å². The predicted molar refractivity (Wildman–Crippen MR) is 273 cm³/mol. The van der Waals surface area contributed by atoms with E-state index < -0.39 is 46.0 Å². The van der Waals surface area contributed by atoms with Crippen molar-refractivity contribution in [2.75, 3.05) is 26.3 Å². The number of anilines is 4. The summed E-state index contributed by atoms with van der Waals surface area (Å²) in [6.45, 7) is 1.75. The molecule has 2 fully saturated rings. The van der Waals surface area contributed by atoms with Crippen LogP contribution in [-0.2, 0) is 44.9 Å². The van der Waals surface area contributed by atoms with E-state index in [0.29, 0.717) is 5.69 Å². The van der Waals surface area contributed by atoms with Crippen LogP contribution in [-0.4, -0.2) is 68.9 Å². The van der Waals surface area contributed by atoms with Crippen LogP contribution in [0.15, 0.2) is 152 Å². The number of halogens is 4. The molecule has 71 heavy (non-hydrogen) atoms. The third kappa shape index (κ3) is 13.6. The molecule has 2 heterocycles. The van der Waals surface area contributed by atoms with Crippen LogP contribution < -0.4 is 34.6 Å². The van der Waals surface area contributed by atoms with Crippen LogP contribution >= 0.6 is 46.4 Å². The molecule has 0 unspecified atom stereocenters. The van der Waals surface area contributed by atoms with Gasteiger partial charge in [-0.25, -0.2) is 53.1 Å². The molecule has 1 aliphatic heterocycles. The number of amides is 2. The molecular weight excluding hydrogens is 1080 g/mol. The summed E-state index contributed by atoms with van der Waals surface area (Å²) in [4.78, 5) is 32.7. The fraction of sp³-hybridized carbons (Fsp3) is 0.136. The molecule has 0 spiro atoms. The number of carbonyl (C=O) groups is 2. The summed E-state index contributed by atoms with van der Waals surface area (Å²) in [7, 11) is -15.7. The lowest BCUT2D eigenvalue weighted by Crippen LogP contribution is -2.36. The Hall–Kier alpha value is -5.86. The highest BCUT2D eigenvalue weighted by Crippen LogP contribution is 2.36. The van der Waals surface area contributed by atoms with Gasteiger partial charge in [-0.05, 0) is 116 Å². The monoisotopic (exact) mass is 1120 g/mol. The normalized spacial score (nSPS) is 14.6. The number of pyridine rings is 1. The van der Waals surface area contributed by atoms with Gasteiger partial charge < -0.3 is 5.32 Å². The zero-order valence-electron chi connectivity index (χ0n) is 36.6. The smallest absolute Gasteiger partial charge is 0.274 e. The molecule has 6 N–H and O–H groups in total. The molecular formula is C44H39Cl4N9O10S4. The largest absolute Gasteiger partial charge is 0.321 e. The first-order valence-electron chi connectivity index (χ1n) is 20.7. The minimum absolute atomic E-state index is 0.00239. The quantitative estimate of drug-likeness (QED) is 0.0504. The molecule has 2 aliphatic rings. The van der Waals surface area contributed by atoms with Gasteiger partial charge in [0.25, 0.3) is 31.9 Å². The molecule has 1 aliphatic carbocycles. The van der Waals surface area contributed by atoms with Gasteiger partial charge in [-0.15, -0.1) is 0 Å². The lowest BCUT2D eigenvalue weighted by molar-refractivity contribution is -0.116. The van der Waals surface area contributed by atoms with Crippen LogP contribution in [0.2, 0.25) is 20.1 Å². The molecule has 0 bridgehead atoms. The van der Waals surface area contributed by atoms with E-state index in [9.17, 15) is 43.3 Å². The number of hydrogen-bond acceptors (Lipinski definition) is 12. The van der Waals surface area contributed by atoms with Gasteiger partial charge in [-0.3, -0.25) is 29.4 Å². The van der Waals surface area contributed by atoms with E-state index in [1.54, 1.807) is 37.3 Å². The van der Waals surface area contributed by atoms with Gasteiger partial charge in [0, 0.05) is 24.5 Å². The van der Waals surface area contributed by atoms with Gasteiger partial charge in [-0.1, -0.05) is 71.5 Å². The molecule has 1 saturated carbocycles. The summed E-state index contributed by atoms with van der Waals surface area (Å²) in [5.74, 6) is -0.595. The molecule has 1 saturated heterocycles. The predicted octanol–water partition coefficient (Wildman–Crippen LogP) is 7.95. The Morgan fingerprint density at radius 3 is 1.90 bits per heavy atom. The van der Waals surface area contributed by atoms with Crippen LogP contribution in [0.25, 0.3) is 0 Å². The van der Waals surface area contributed by atoms with Gasteiger partial charge in [-0.2, -0.15) is 0 Å². The second-order valence-electron chi connectivity index (χ2n) is 15.3. The number of aromatic nitrogens is 1. The van der Waals surface area contributed by atoms with Crippen LogP contribution in [0.5, 0.6) is 0 Å². The Balaban J connectivity index is 0.000000213. The third-order valence-electron chi connectivity index (χ3n) is 9.87. The Kier molecular flexibility index (Phi) is 16.3. The van der Waals surface area contributed by atoms with Crippen LogP contribution in [0.1, 0.15) is 36.7 Å². The number of hydrogen-bond donors (Lipinski definition) is 6. The Bertz CT molecular complexity index is 3520. The number of amidine groups is 1. The van der Waals surface area contributed by atoms with E-state index in [1.165, 1.54) is 91.1 Å². The lowest BCUT2D eigenvalue weighted by Gasteiger charge is -2.18. The van der Waals surface area contributed by atoms with Gasteiger partial charge in [0.1, 0.15) is 11.5 Å². The van der Waals surface area contributed by atoms with Gasteiger partial charge in [0.2, 0.25) is 20.0 Å². The lowest BCUT2D eigenvalue weighted by atomic mass is 10.2. The number of aliphatic imine (C=N–C) groups is 1. The van der Waals surface area contributed by atoms with Gasteiger partial charge in [0.15, 0.2) is 0 Å². The Labute approximate surface area is 429 Å². The maximum absolute atomic E-state index is 13.0. The fourth-order valence-electron chi connectivity index (χ4n) is 6.35. The minimum atomic E-state index is -4.18. The highest BCUT2D eigenvalue weighted by molar-refractivity contribution is 7.93. The minimum Gasteiger partial charge on any atom is -0.321 e. The second kappa shape index (κ2) is 21.9. The molecule has 0 radical (unpaired) electrons. The number of sulfonamides is 4. The summed E-state index contributed by atoms with van der Waals surface area (Å²) in [5.41, 5.74) is 4.21. The topological polar surface area (TPSA) is 271 Å². The molecule has 1 aromatic heterocycles. The van der Waals surface area contributed by atoms with Crippen molar-refractivity contribution >= 4 is 133 Å². The van der Waals surface area contributed by atoms with Crippen molar-refractivity contribution in [2.45, 2.75) is 51.8 Å². The number of nitrogens with one attached hydrogen (secondary N) is 6. The van der Waals surface area contributed by atoms with Crippen LogP contribution in [0.4, 0.5) is 28.4 Å². The average Bonchev–Trinajstić information content (AvgIpc) is 4.06. The molecule has 6 aromatic rings. The SMILES string of the molecule is CCNS(=O)(=O)c1cccc(S(=O)(=O)Nc2ccc(Cl)c(N=C3CC(=O)N(c4cc(Cl)c(Cl)cc4Cl)N3)c2)c1.O=C(Nc1cccc(NS(=O)(=O)c2ccc(S(=O)(=O)NC3CC3)cc2)c1)c1ccccn1. The van der Waals surface area contributed by atoms with Crippen molar-refractivity contribution < 1.29 is 43.3 Å². The highest BCUT2D eigenvalue weighted by Gasteiger charge is 2.30.